The van der Waals surface area contributed by atoms with Gasteiger partial charge in [0.05, 0.1) is 0 Å². The zero-order chi connectivity index (χ0) is 13.2. The maximum atomic E-state index is 12.2. The Morgan fingerprint density at radius 2 is 2.28 bits per heavy atom. The van der Waals surface area contributed by atoms with Gasteiger partial charge in [0.15, 0.2) is 0 Å². The monoisotopic (exact) mass is 252 g/mol. The highest BCUT2D eigenvalue weighted by Gasteiger charge is 2.48. The van der Waals surface area contributed by atoms with Crippen molar-refractivity contribution in [2.75, 3.05) is 6.54 Å². The Kier molecular flexibility index (Phi) is 3.31. The van der Waals surface area contributed by atoms with E-state index in [1.165, 1.54) is 22.2 Å². The van der Waals surface area contributed by atoms with E-state index in [4.69, 9.17) is 0 Å². The van der Waals surface area contributed by atoms with Crippen molar-refractivity contribution >= 4 is 11.9 Å². The minimum absolute atomic E-state index is 0.0367. The van der Waals surface area contributed by atoms with Gasteiger partial charge in [-0.2, -0.15) is 5.10 Å². The van der Waals surface area contributed by atoms with Gasteiger partial charge in [-0.05, 0) is 19.3 Å². The summed E-state index contributed by atoms with van der Waals surface area (Å²) in [5.74, 6) is -1.14. The number of hydrogen-bond donors (Lipinski definition) is 1. The number of aromatic nitrogens is 3. The first-order chi connectivity index (χ1) is 8.60. The Morgan fingerprint density at radius 3 is 2.83 bits per heavy atom. The zero-order valence-electron chi connectivity index (χ0n) is 10.2. The number of carboxylic acid groups (broad SMARTS) is 1. The molecular formula is C11H16N4O3. The summed E-state index contributed by atoms with van der Waals surface area (Å²) in [6.07, 6.45) is 4.46. The minimum atomic E-state index is -1.04. The molecule has 0 bridgehead atoms. The maximum absolute atomic E-state index is 12.2. The summed E-state index contributed by atoms with van der Waals surface area (Å²) in [4.78, 5) is 28.8. The van der Waals surface area contributed by atoms with E-state index in [0.717, 1.165) is 6.42 Å². The predicted molar refractivity (Wildman–Crippen MR) is 61.6 cm³/mol. The number of likely N-dealkylation sites (tertiary alicyclic amines) is 1. The summed E-state index contributed by atoms with van der Waals surface area (Å²) < 4.78 is 1.41. The van der Waals surface area contributed by atoms with Crippen molar-refractivity contribution in [2.24, 2.45) is 0 Å². The summed E-state index contributed by atoms with van der Waals surface area (Å²) in [7, 11) is 0. The van der Waals surface area contributed by atoms with Gasteiger partial charge in [0.2, 0.25) is 5.91 Å². The highest BCUT2D eigenvalue weighted by molar-refractivity contribution is 5.87. The SMILES string of the molecule is CCC1(C(=O)O)CCCN1C(=O)Cn1cncn1. The third-order valence-electron chi connectivity index (χ3n) is 3.54. The highest BCUT2D eigenvalue weighted by Crippen LogP contribution is 2.32. The van der Waals surface area contributed by atoms with Crippen LogP contribution >= 0.6 is 0 Å². The second-order valence-electron chi connectivity index (χ2n) is 4.43. The van der Waals surface area contributed by atoms with Crippen molar-refractivity contribution in [1.82, 2.24) is 19.7 Å². The second-order valence-corrected chi connectivity index (χ2v) is 4.43. The van der Waals surface area contributed by atoms with Crippen LogP contribution in [0.2, 0.25) is 0 Å². The van der Waals surface area contributed by atoms with Crippen LogP contribution in [-0.4, -0.2) is 48.7 Å². The molecule has 2 heterocycles. The van der Waals surface area contributed by atoms with Gasteiger partial charge < -0.3 is 10.0 Å². The molecule has 1 aromatic rings. The number of nitrogens with zero attached hydrogens (tertiary/aromatic N) is 4. The highest BCUT2D eigenvalue weighted by atomic mass is 16.4. The van der Waals surface area contributed by atoms with Crippen LogP contribution in [0.4, 0.5) is 0 Å². The molecule has 1 aliphatic rings. The van der Waals surface area contributed by atoms with E-state index >= 15 is 0 Å². The zero-order valence-corrected chi connectivity index (χ0v) is 10.2. The van der Waals surface area contributed by atoms with Crippen molar-refractivity contribution in [3.63, 3.8) is 0 Å². The summed E-state index contributed by atoms with van der Waals surface area (Å²) in [6, 6.07) is 0. The number of carbonyl (C=O) groups is 2. The number of carbonyl (C=O) groups excluding carboxylic acids is 1. The summed E-state index contributed by atoms with van der Waals surface area (Å²) in [6.45, 7) is 2.33. The van der Waals surface area contributed by atoms with Gasteiger partial charge >= 0.3 is 5.97 Å². The first-order valence-electron chi connectivity index (χ1n) is 5.96. The Morgan fingerprint density at radius 1 is 1.50 bits per heavy atom. The molecule has 1 saturated heterocycles. The number of carboxylic acids is 1. The molecule has 1 atom stereocenters. The molecule has 0 saturated carbocycles. The molecule has 1 unspecified atom stereocenters. The van der Waals surface area contributed by atoms with Crippen molar-refractivity contribution in [1.29, 1.82) is 0 Å². The van der Waals surface area contributed by atoms with Crippen molar-refractivity contribution < 1.29 is 14.7 Å². The van der Waals surface area contributed by atoms with Crippen molar-refractivity contribution in [3.8, 4) is 0 Å². The molecular weight excluding hydrogens is 236 g/mol. The van der Waals surface area contributed by atoms with Gasteiger partial charge in [-0.1, -0.05) is 6.92 Å². The van der Waals surface area contributed by atoms with Crippen LogP contribution in [0, 0.1) is 0 Å². The standard InChI is InChI=1S/C11H16N4O3/c1-2-11(10(17)18)4-3-5-15(11)9(16)6-14-8-12-7-13-14/h7-8H,2-6H2,1H3,(H,17,18). The fourth-order valence-electron chi connectivity index (χ4n) is 2.52. The van der Waals surface area contributed by atoms with Gasteiger partial charge in [-0.3, -0.25) is 4.79 Å². The smallest absolute Gasteiger partial charge is 0.329 e. The average molecular weight is 252 g/mol. The van der Waals surface area contributed by atoms with Crippen LogP contribution in [0.1, 0.15) is 26.2 Å². The molecule has 1 amide bonds. The van der Waals surface area contributed by atoms with Crippen molar-refractivity contribution in [2.45, 2.75) is 38.3 Å². The lowest BCUT2D eigenvalue weighted by molar-refractivity contribution is -0.157. The van der Waals surface area contributed by atoms with Gasteiger partial charge in [-0.15, -0.1) is 0 Å². The molecule has 0 radical (unpaired) electrons. The molecule has 1 N–H and O–H groups in total. The lowest BCUT2D eigenvalue weighted by atomic mass is 9.93. The third-order valence-corrected chi connectivity index (χ3v) is 3.54. The lowest BCUT2D eigenvalue weighted by Crippen LogP contribution is -2.53. The molecule has 1 aliphatic heterocycles. The largest absolute Gasteiger partial charge is 0.479 e. The van der Waals surface area contributed by atoms with E-state index in [0.29, 0.717) is 19.4 Å². The van der Waals surface area contributed by atoms with Crippen LogP contribution < -0.4 is 0 Å². The fraction of sp³-hybridized carbons (Fsp3) is 0.636. The van der Waals surface area contributed by atoms with Crippen LogP contribution in [-0.2, 0) is 16.1 Å². The van der Waals surface area contributed by atoms with Gasteiger partial charge in [0.25, 0.3) is 0 Å². The molecule has 7 heteroatoms. The van der Waals surface area contributed by atoms with Gasteiger partial charge in [-0.25, -0.2) is 14.5 Å². The molecule has 1 fully saturated rings. The van der Waals surface area contributed by atoms with E-state index in [2.05, 4.69) is 10.1 Å². The molecule has 0 aromatic carbocycles. The van der Waals surface area contributed by atoms with E-state index in [9.17, 15) is 14.7 Å². The maximum Gasteiger partial charge on any atom is 0.329 e. The number of aliphatic carboxylic acids is 1. The molecule has 2 rings (SSSR count). The normalized spacial score (nSPS) is 23.3. The number of hydrogen-bond acceptors (Lipinski definition) is 4. The van der Waals surface area contributed by atoms with Crippen LogP contribution in [0.25, 0.3) is 0 Å². The minimum Gasteiger partial charge on any atom is -0.479 e. The van der Waals surface area contributed by atoms with E-state index < -0.39 is 11.5 Å². The second kappa shape index (κ2) is 4.75. The Hall–Kier alpha value is -1.92. The van der Waals surface area contributed by atoms with Gasteiger partial charge in [0, 0.05) is 6.54 Å². The molecule has 0 aliphatic carbocycles. The Labute approximate surface area is 104 Å². The summed E-state index contributed by atoms with van der Waals surface area (Å²) in [5, 5.41) is 13.2. The average Bonchev–Trinajstić information content (AvgIpc) is 2.96. The fourth-order valence-corrected chi connectivity index (χ4v) is 2.52. The predicted octanol–water partition coefficient (Wildman–Crippen LogP) is 0.134. The molecule has 98 valence electrons. The van der Waals surface area contributed by atoms with Crippen LogP contribution in [0.3, 0.4) is 0 Å². The number of rotatable bonds is 4. The molecule has 1 aromatic heterocycles. The van der Waals surface area contributed by atoms with Crippen LogP contribution in [0.15, 0.2) is 12.7 Å². The summed E-state index contributed by atoms with van der Waals surface area (Å²) >= 11 is 0. The lowest BCUT2D eigenvalue weighted by Gasteiger charge is -2.33. The van der Waals surface area contributed by atoms with E-state index in [1.807, 2.05) is 0 Å². The first-order valence-corrected chi connectivity index (χ1v) is 5.96. The van der Waals surface area contributed by atoms with Crippen LogP contribution in [0.5, 0.6) is 0 Å². The third kappa shape index (κ3) is 1.96. The van der Waals surface area contributed by atoms with Crippen molar-refractivity contribution in [3.05, 3.63) is 12.7 Å². The first kappa shape index (κ1) is 12.5. The Bertz CT molecular complexity index is 445. The molecule has 18 heavy (non-hydrogen) atoms. The quantitative estimate of drug-likeness (QED) is 0.823. The van der Waals surface area contributed by atoms with E-state index in [-0.39, 0.29) is 12.5 Å². The molecule has 7 nitrogen and oxygen atoms in total. The number of amides is 1. The Balaban J connectivity index is 2.16. The topological polar surface area (TPSA) is 88.3 Å². The van der Waals surface area contributed by atoms with E-state index in [1.54, 1.807) is 6.92 Å². The van der Waals surface area contributed by atoms with Gasteiger partial charge in [0.1, 0.15) is 24.7 Å². The molecule has 0 spiro atoms. The summed E-state index contributed by atoms with van der Waals surface area (Å²) in [5.41, 5.74) is -1.04.